The quantitative estimate of drug-likeness (QED) is 0.782. The van der Waals surface area contributed by atoms with E-state index in [4.69, 9.17) is 5.11 Å². The van der Waals surface area contributed by atoms with Crippen LogP contribution in [0.2, 0.25) is 0 Å². The van der Waals surface area contributed by atoms with E-state index >= 15 is 0 Å². The molecule has 2 rings (SSSR count). The molecule has 82 valence electrons. The Bertz CT molecular complexity index is 336. The normalized spacial score (nSPS) is 19.6. The van der Waals surface area contributed by atoms with Gasteiger partial charge in [-0.2, -0.15) is 0 Å². The molecule has 2 heterocycles. The van der Waals surface area contributed by atoms with Crippen molar-refractivity contribution in [2.75, 3.05) is 26.0 Å². The van der Waals surface area contributed by atoms with Crippen molar-refractivity contribution in [3.63, 3.8) is 0 Å². The van der Waals surface area contributed by atoms with Gasteiger partial charge in [0.15, 0.2) is 5.84 Å². The highest BCUT2D eigenvalue weighted by atomic mass is 32.2. The Morgan fingerprint density at radius 3 is 3.20 bits per heavy atom. The molecule has 0 aromatic heterocycles. The third kappa shape index (κ3) is 2.23. The number of aliphatic hydroxyl groups is 1. The molecule has 4 nitrogen and oxygen atoms in total. The average molecular weight is 225 g/mol. The number of amidine groups is 1. The Morgan fingerprint density at radius 1 is 1.60 bits per heavy atom. The largest absolute Gasteiger partial charge is 0.396 e. The van der Waals surface area contributed by atoms with E-state index in [0.29, 0.717) is 0 Å². The monoisotopic (exact) mass is 225 g/mol. The summed E-state index contributed by atoms with van der Waals surface area (Å²) < 4.78 is 0. The first kappa shape index (κ1) is 10.7. The van der Waals surface area contributed by atoms with Crippen LogP contribution in [0, 0.1) is 0 Å². The molecule has 0 fully saturated rings. The van der Waals surface area contributed by atoms with Crippen LogP contribution < -0.4 is 0 Å². The van der Waals surface area contributed by atoms with Gasteiger partial charge in [0.05, 0.1) is 12.2 Å². The first-order chi connectivity index (χ1) is 7.35. The van der Waals surface area contributed by atoms with Gasteiger partial charge in [-0.25, -0.2) is 4.99 Å². The van der Waals surface area contributed by atoms with Crippen LogP contribution >= 0.6 is 11.8 Å². The number of hydrogen-bond donors (Lipinski definition) is 1. The molecular weight excluding hydrogens is 210 g/mol. The van der Waals surface area contributed by atoms with E-state index in [9.17, 15) is 0 Å². The summed E-state index contributed by atoms with van der Waals surface area (Å²) in [5.74, 6) is 1.01. The number of rotatable bonds is 3. The molecule has 15 heavy (non-hydrogen) atoms. The molecule has 0 aromatic rings. The van der Waals surface area contributed by atoms with E-state index in [-0.39, 0.29) is 6.61 Å². The third-order valence-electron chi connectivity index (χ3n) is 2.40. The average Bonchev–Trinajstić information content (AvgIpc) is 2.73. The van der Waals surface area contributed by atoms with Gasteiger partial charge in [0.1, 0.15) is 5.04 Å². The van der Waals surface area contributed by atoms with Crippen molar-refractivity contribution in [3.05, 3.63) is 11.9 Å². The number of thioether (sulfide) groups is 1. The number of aliphatic imine (C=N–C) groups is 2. The van der Waals surface area contributed by atoms with Crippen LogP contribution in [0.25, 0.3) is 0 Å². The highest BCUT2D eigenvalue weighted by Gasteiger charge is 2.24. The Balaban J connectivity index is 2.14. The molecule has 0 saturated heterocycles. The van der Waals surface area contributed by atoms with Crippen molar-refractivity contribution in [2.24, 2.45) is 9.98 Å². The lowest BCUT2D eigenvalue weighted by Gasteiger charge is -2.21. The zero-order chi connectivity index (χ0) is 10.7. The second-order valence-corrected chi connectivity index (χ2v) is 4.26. The summed E-state index contributed by atoms with van der Waals surface area (Å²) in [7, 11) is 0. The molecule has 0 saturated carbocycles. The number of hydrogen-bond acceptors (Lipinski definition) is 5. The van der Waals surface area contributed by atoms with E-state index in [2.05, 4.69) is 21.1 Å². The van der Waals surface area contributed by atoms with Gasteiger partial charge in [-0.3, -0.25) is 4.99 Å². The van der Waals surface area contributed by atoms with E-state index in [1.165, 1.54) is 0 Å². The van der Waals surface area contributed by atoms with Gasteiger partial charge in [0.25, 0.3) is 0 Å². The standard InChI is InChI=1S/C10H15N3OS/c1-15-10-9-11-4-5-13(9)7-8(12-10)3-2-6-14/h7,14H,2-6H2,1H3. The van der Waals surface area contributed by atoms with Crippen molar-refractivity contribution in [3.8, 4) is 0 Å². The maximum atomic E-state index is 8.79. The second-order valence-electron chi connectivity index (χ2n) is 3.47. The van der Waals surface area contributed by atoms with Crippen molar-refractivity contribution in [1.29, 1.82) is 0 Å². The van der Waals surface area contributed by atoms with E-state index in [0.717, 1.165) is 42.5 Å². The van der Waals surface area contributed by atoms with Gasteiger partial charge in [0.2, 0.25) is 0 Å². The lowest BCUT2D eigenvalue weighted by atomic mass is 10.2. The highest BCUT2D eigenvalue weighted by molar-refractivity contribution is 8.15. The maximum absolute atomic E-state index is 8.79. The SMILES string of the molecule is CSC1=NC(CCCO)=CN2CCN=C12. The number of allylic oxidation sites excluding steroid dienone is 1. The van der Waals surface area contributed by atoms with Gasteiger partial charge in [-0.1, -0.05) is 0 Å². The van der Waals surface area contributed by atoms with Gasteiger partial charge >= 0.3 is 0 Å². The molecule has 5 heteroatoms. The van der Waals surface area contributed by atoms with Crippen LogP contribution in [0.1, 0.15) is 12.8 Å². The van der Waals surface area contributed by atoms with Crippen LogP contribution in [0.5, 0.6) is 0 Å². The summed E-state index contributed by atoms with van der Waals surface area (Å²) in [6.07, 6.45) is 5.69. The lowest BCUT2D eigenvalue weighted by Crippen LogP contribution is -2.30. The number of fused-ring (bicyclic) bond motifs is 1. The third-order valence-corrected chi connectivity index (χ3v) is 3.06. The summed E-state index contributed by atoms with van der Waals surface area (Å²) >= 11 is 1.63. The van der Waals surface area contributed by atoms with Crippen molar-refractivity contribution in [1.82, 2.24) is 4.90 Å². The van der Waals surface area contributed by atoms with Gasteiger partial charge in [-0.05, 0) is 19.1 Å². The van der Waals surface area contributed by atoms with E-state index in [1.807, 2.05) is 6.26 Å². The summed E-state index contributed by atoms with van der Waals surface area (Å²) in [4.78, 5) is 11.1. The molecule has 0 bridgehead atoms. The van der Waals surface area contributed by atoms with Crippen LogP contribution in [0.3, 0.4) is 0 Å². The summed E-state index contributed by atoms with van der Waals surface area (Å²) in [5.41, 5.74) is 1.05. The molecule has 0 aromatic carbocycles. The second kappa shape index (κ2) is 4.81. The molecule has 0 amide bonds. The molecule has 0 unspecified atom stereocenters. The van der Waals surface area contributed by atoms with Crippen LogP contribution in [-0.2, 0) is 0 Å². The first-order valence-electron chi connectivity index (χ1n) is 5.11. The predicted octanol–water partition coefficient (Wildman–Crippen LogP) is 1.09. The van der Waals surface area contributed by atoms with Crippen molar-refractivity contribution < 1.29 is 5.11 Å². The Labute approximate surface area is 93.8 Å². The lowest BCUT2D eigenvalue weighted by molar-refractivity contribution is 0.288. The minimum Gasteiger partial charge on any atom is -0.396 e. The molecular formula is C10H15N3OS. The molecule has 2 aliphatic rings. The number of aliphatic hydroxyl groups excluding tert-OH is 1. The summed E-state index contributed by atoms with van der Waals surface area (Å²) in [6.45, 7) is 2.04. The maximum Gasteiger partial charge on any atom is 0.160 e. The Hall–Kier alpha value is -0.810. The summed E-state index contributed by atoms with van der Waals surface area (Å²) in [6, 6.07) is 0. The Kier molecular flexibility index (Phi) is 3.43. The topological polar surface area (TPSA) is 48.2 Å². The smallest absolute Gasteiger partial charge is 0.160 e. The van der Waals surface area contributed by atoms with Gasteiger partial charge in [-0.15, -0.1) is 11.8 Å². The minimum atomic E-state index is 0.225. The van der Waals surface area contributed by atoms with Gasteiger partial charge in [0, 0.05) is 19.4 Å². The number of nitrogens with zero attached hydrogens (tertiary/aromatic N) is 3. The van der Waals surface area contributed by atoms with E-state index in [1.54, 1.807) is 11.8 Å². The fourth-order valence-electron chi connectivity index (χ4n) is 1.68. The molecule has 0 radical (unpaired) electrons. The molecule has 2 aliphatic heterocycles. The highest BCUT2D eigenvalue weighted by Crippen LogP contribution is 2.21. The zero-order valence-electron chi connectivity index (χ0n) is 8.81. The molecule has 0 aliphatic carbocycles. The van der Waals surface area contributed by atoms with Gasteiger partial charge < -0.3 is 10.0 Å². The predicted molar refractivity (Wildman–Crippen MR) is 64.4 cm³/mol. The van der Waals surface area contributed by atoms with Crippen LogP contribution in [0.15, 0.2) is 21.9 Å². The molecule has 0 spiro atoms. The van der Waals surface area contributed by atoms with E-state index < -0.39 is 0 Å². The molecule has 0 atom stereocenters. The van der Waals surface area contributed by atoms with Crippen molar-refractivity contribution in [2.45, 2.75) is 12.8 Å². The fraction of sp³-hybridized carbons (Fsp3) is 0.600. The van der Waals surface area contributed by atoms with Crippen LogP contribution in [-0.4, -0.2) is 46.8 Å². The molecule has 1 N–H and O–H groups in total. The zero-order valence-corrected chi connectivity index (χ0v) is 9.63. The van der Waals surface area contributed by atoms with Crippen molar-refractivity contribution >= 4 is 22.6 Å². The summed E-state index contributed by atoms with van der Waals surface area (Å²) in [5, 5.41) is 9.79. The Morgan fingerprint density at radius 2 is 2.47 bits per heavy atom. The fourth-order valence-corrected chi connectivity index (χ4v) is 2.26. The first-order valence-corrected chi connectivity index (χ1v) is 6.33. The minimum absolute atomic E-state index is 0.225. The van der Waals surface area contributed by atoms with Crippen LogP contribution in [0.4, 0.5) is 0 Å².